The number of methoxy groups -OCH3 is 1. The predicted octanol–water partition coefficient (Wildman–Crippen LogP) is 1.93. The van der Waals surface area contributed by atoms with Crippen LogP contribution in [0, 0.1) is 6.92 Å². The summed E-state index contributed by atoms with van der Waals surface area (Å²) in [4.78, 5) is 12.1. The van der Waals surface area contributed by atoms with Crippen LogP contribution in [-0.4, -0.2) is 25.6 Å². The summed E-state index contributed by atoms with van der Waals surface area (Å²) in [5, 5.41) is 6.27. The molecule has 0 aromatic heterocycles. The molecule has 1 heterocycles. The Kier molecular flexibility index (Phi) is 4.43. The standard InChI is InChI=1S/C15H22N2O2/c1-10-6-7-14(19-3)12(9-10)11(2)17-15(18)13-5-4-8-16-13/h6-7,9,11,13,16H,4-5,8H2,1-3H3,(H,17,18). The van der Waals surface area contributed by atoms with Crippen molar-refractivity contribution in [2.75, 3.05) is 13.7 Å². The summed E-state index contributed by atoms with van der Waals surface area (Å²) >= 11 is 0. The summed E-state index contributed by atoms with van der Waals surface area (Å²) < 4.78 is 5.36. The maximum absolute atomic E-state index is 12.1. The van der Waals surface area contributed by atoms with Crippen LogP contribution < -0.4 is 15.4 Å². The predicted molar refractivity (Wildman–Crippen MR) is 75.3 cm³/mol. The van der Waals surface area contributed by atoms with Crippen LogP contribution in [0.4, 0.5) is 0 Å². The minimum Gasteiger partial charge on any atom is -0.496 e. The van der Waals surface area contributed by atoms with E-state index in [4.69, 9.17) is 4.74 Å². The summed E-state index contributed by atoms with van der Waals surface area (Å²) in [6.07, 6.45) is 1.99. The van der Waals surface area contributed by atoms with Gasteiger partial charge >= 0.3 is 0 Å². The van der Waals surface area contributed by atoms with Crippen molar-refractivity contribution in [2.24, 2.45) is 0 Å². The minimum atomic E-state index is -0.0512. The Hall–Kier alpha value is -1.55. The quantitative estimate of drug-likeness (QED) is 0.871. The van der Waals surface area contributed by atoms with Crippen molar-refractivity contribution in [3.63, 3.8) is 0 Å². The molecule has 104 valence electrons. The van der Waals surface area contributed by atoms with Crippen LogP contribution in [0.1, 0.15) is 36.9 Å². The SMILES string of the molecule is COc1ccc(C)cc1C(C)NC(=O)C1CCCN1. The van der Waals surface area contributed by atoms with Crippen molar-refractivity contribution in [1.82, 2.24) is 10.6 Å². The van der Waals surface area contributed by atoms with Crippen molar-refractivity contribution >= 4 is 5.91 Å². The number of rotatable bonds is 4. The number of hydrogen-bond donors (Lipinski definition) is 2. The zero-order valence-corrected chi connectivity index (χ0v) is 11.8. The van der Waals surface area contributed by atoms with Crippen molar-refractivity contribution in [3.05, 3.63) is 29.3 Å². The maximum Gasteiger partial charge on any atom is 0.237 e. The van der Waals surface area contributed by atoms with E-state index in [-0.39, 0.29) is 18.0 Å². The lowest BCUT2D eigenvalue weighted by Gasteiger charge is -2.20. The van der Waals surface area contributed by atoms with Gasteiger partial charge in [0.1, 0.15) is 5.75 Å². The van der Waals surface area contributed by atoms with E-state index < -0.39 is 0 Å². The Balaban J connectivity index is 2.08. The smallest absolute Gasteiger partial charge is 0.237 e. The van der Waals surface area contributed by atoms with Crippen LogP contribution in [0.15, 0.2) is 18.2 Å². The van der Waals surface area contributed by atoms with Gasteiger partial charge in [-0.25, -0.2) is 0 Å². The number of amides is 1. The molecule has 0 spiro atoms. The highest BCUT2D eigenvalue weighted by molar-refractivity contribution is 5.82. The molecule has 2 unspecified atom stereocenters. The lowest BCUT2D eigenvalue weighted by molar-refractivity contribution is -0.123. The molecule has 0 aliphatic carbocycles. The molecule has 2 rings (SSSR count). The highest BCUT2D eigenvalue weighted by Gasteiger charge is 2.24. The molecular weight excluding hydrogens is 240 g/mol. The normalized spacial score (nSPS) is 20.1. The fraction of sp³-hybridized carbons (Fsp3) is 0.533. The van der Waals surface area contributed by atoms with Crippen molar-refractivity contribution in [3.8, 4) is 5.75 Å². The molecule has 0 radical (unpaired) electrons. The fourth-order valence-electron chi connectivity index (χ4n) is 2.49. The van der Waals surface area contributed by atoms with E-state index >= 15 is 0 Å². The van der Waals surface area contributed by atoms with Gasteiger partial charge in [-0.15, -0.1) is 0 Å². The minimum absolute atomic E-state index is 0.0433. The molecule has 0 bridgehead atoms. The van der Waals surface area contributed by atoms with Gasteiger partial charge in [-0.1, -0.05) is 17.7 Å². The Morgan fingerprint density at radius 2 is 2.32 bits per heavy atom. The first-order chi connectivity index (χ1) is 9.11. The number of ether oxygens (including phenoxy) is 1. The van der Waals surface area contributed by atoms with Crippen molar-refractivity contribution in [1.29, 1.82) is 0 Å². The van der Waals surface area contributed by atoms with E-state index in [0.717, 1.165) is 36.3 Å². The molecule has 1 saturated heterocycles. The topological polar surface area (TPSA) is 50.4 Å². The molecule has 19 heavy (non-hydrogen) atoms. The third-order valence-electron chi connectivity index (χ3n) is 3.59. The molecule has 1 amide bonds. The zero-order valence-electron chi connectivity index (χ0n) is 11.8. The van der Waals surface area contributed by atoms with Crippen LogP contribution in [0.5, 0.6) is 5.75 Å². The van der Waals surface area contributed by atoms with Gasteiger partial charge in [-0.3, -0.25) is 4.79 Å². The highest BCUT2D eigenvalue weighted by atomic mass is 16.5. The average Bonchev–Trinajstić information content (AvgIpc) is 2.92. The van der Waals surface area contributed by atoms with Crippen LogP contribution in [0.25, 0.3) is 0 Å². The van der Waals surface area contributed by atoms with Crippen LogP contribution in [-0.2, 0) is 4.79 Å². The summed E-state index contributed by atoms with van der Waals surface area (Å²) in [5.74, 6) is 0.895. The lowest BCUT2D eigenvalue weighted by atomic mass is 10.0. The van der Waals surface area contributed by atoms with Crippen molar-refractivity contribution < 1.29 is 9.53 Å². The number of hydrogen-bond acceptors (Lipinski definition) is 3. The van der Waals surface area contributed by atoms with Gasteiger partial charge in [-0.05, 0) is 39.3 Å². The largest absolute Gasteiger partial charge is 0.496 e. The first-order valence-corrected chi connectivity index (χ1v) is 6.80. The first-order valence-electron chi connectivity index (χ1n) is 6.80. The molecule has 0 saturated carbocycles. The summed E-state index contributed by atoms with van der Waals surface area (Å²) in [6, 6.07) is 5.92. The van der Waals surface area contributed by atoms with E-state index in [1.807, 2.05) is 26.0 Å². The Morgan fingerprint density at radius 3 is 2.95 bits per heavy atom. The molecule has 4 nitrogen and oxygen atoms in total. The number of aryl methyl sites for hydroxylation is 1. The molecule has 1 aliphatic heterocycles. The molecule has 4 heteroatoms. The summed E-state index contributed by atoms with van der Waals surface area (Å²) in [6.45, 7) is 4.96. The van der Waals surface area contributed by atoms with E-state index in [0.29, 0.717) is 0 Å². The Bertz CT molecular complexity index is 453. The third kappa shape index (κ3) is 3.26. The third-order valence-corrected chi connectivity index (χ3v) is 3.59. The second-order valence-electron chi connectivity index (χ2n) is 5.12. The van der Waals surface area contributed by atoms with Gasteiger partial charge in [0, 0.05) is 5.56 Å². The van der Waals surface area contributed by atoms with Gasteiger partial charge in [0.2, 0.25) is 5.91 Å². The first kappa shape index (κ1) is 13.9. The van der Waals surface area contributed by atoms with Crippen LogP contribution >= 0.6 is 0 Å². The van der Waals surface area contributed by atoms with E-state index in [9.17, 15) is 4.79 Å². The van der Waals surface area contributed by atoms with E-state index in [2.05, 4.69) is 16.7 Å². The number of benzene rings is 1. The molecule has 1 fully saturated rings. The Labute approximate surface area is 114 Å². The van der Waals surface area contributed by atoms with E-state index in [1.165, 1.54) is 0 Å². The molecular formula is C15H22N2O2. The van der Waals surface area contributed by atoms with Gasteiger partial charge < -0.3 is 15.4 Å². The van der Waals surface area contributed by atoms with E-state index in [1.54, 1.807) is 7.11 Å². The number of carbonyl (C=O) groups is 1. The highest BCUT2D eigenvalue weighted by Crippen LogP contribution is 2.26. The fourth-order valence-corrected chi connectivity index (χ4v) is 2.49. The molecule has 1 aromatic rings. The summed E-state index contributed by atoms with van der Waals surface area (Å²) in [5.41, 5.74) is 2.18. The molecule has 1 aliphatic rings. The van der Waals surface area contributed by atoms with Crippen LogP contribution in [0.2, 0.25) is 0 Å². The number of nitrogens with one attached hydrogen (secondary N) is 2. The molecule has 2 N–H and O–H groups in total. The monoisotopic (exact) mass is 262 g/mol. The number of carbonyl (C=O) groups excluding carboxylic acids is 1. The summed E-state index contributed by atoms with van der Waals surface area (Å²) in [7, 11) is 1.65. The van der Waals surface area contributed by atoms with Gasteiger partial charge in [0.05, 0.1) is 19.2 Å². The molecule has 2 atom stereocenters. The second-order valence-corrected chi connectivity index (χ2v) is 5.12. The lowest BCUT2D eigenvalue weighted by Crippen LogP contribution is -2.41. The van der Waals surface area contributed by atoms with Gasteiger partial charge in [-0.2, -0.15) is 0 Å². The Morgan fingerprint density at radius 1 is 1.53 bits per heavy atom. The zero-order chi connectivity index (χ0) is 13.8. The molecule has 1 aromatic carbocycles. The second kappa shape index (κ2) is 6.06. The maximum atomic E-state index is 12.1. The van der Waals surface area contributed by atoms with Gasteiger partial charge in [0.15, 0.2) is 0 Å². The van der Waals surface area contributed by atoms with Gasteiger partial charge in [0.25, 0.3) is 0 Å². The van der Waals surface area contributed by atoms with Crippen LogP contribution in [0.3, 0.4) is 0 Å². The van der Waals surface area contributed by atoms with Crippen molar-refractivity contribution in [2.45, 2.75) is 38.8 Å². The average molecular weight is 262 g/mol.